The Kier molecular flexibility index (Phi) is 4.86. The van der Waals surface area contributed by atoms with Crippen LogP contribution < -0.4 is 9.47 Å². The molecule has 0 aliphatic carbocycles. The number of hydrogen-bond donors (Lipinski definition) is 0. The van der Waals surface area contributed by atoms with E-state index in [0.29, 0.717) is 41.2 Å². The number of halogens is 2. The van der Waals surface area contributed by atoms with Gasteiger partial charge < -0.3 is 13.9 Å². The van der Waals surface area contributed by atoms with Crippen molar-refractivity contribution in [1.82, 2.24) is 14.7 Å². The van der Waals surface area contributed by atoms with Crippen molar-refractivity contribution in [1.29, 1.82) is 0 Å². The highest BCUT2D eigenvalue weighted by molar-refractivity contribution is 7.71. The largest absolute Gasteiger partial charge is 0.454 e. The third kappa shape index (κ3) is 3.69. The zero-order valence-corrected chi connectivity index (χ0v) is 15.9. The average Bonchev–Trinajstić information content (AvgIpc) is 3.24. The van der Waals surface area contributed by atoms with E-state index >= 15 is 0 Å². The molecule has 0 saturated heterocycles. The number of fused-ring (bicyclic) bond motifs is 1. The van der Waals surface area contributed by atoms with Gasteiger partial charge in [0.1, 0.15) is 5.82 Å². The van der Waals surface area contributed by atoms with Crippen molar-refractivity contribution in [3.8, 4) is 23.0 Å². The summed E-state index contributed by atoms with van der Waals surface area (Å²) < 4.78 is 31.8. The van der Waals surface area contributed by atoms with Crippen molar-refractivity contribution < 1.29 is 18.3 Å². The first-order valence-corrected chi connectivity index (χ1v) is 8.89. The molecule has 6 nitrogen and oxygen atoms in total. The Morgan fingerprint density at radius 1 is 1.26 bits per heavy atom. The predicted molar refractivity (Wildman–Crippen MR) is 99.8 cm³/mol. The van der Waals surface area contributed by atoms with Crippen LogP contribution >= 0.6 is 23.8 Å². The molecule has 0 bridgehead atoms. The minimum atomic E-state index is -0.348. The fourth-order valence-corrected chi connectivity index (χ4v) is 3.17. The third-order valence-electron chi connectivity index (χ3n) is 4.09. The summed E-state index contributed by atoms with van der Waals surface area (Å²) in [6.07, 6.45) is 0. The van der Waals surface area contributed by atoms with Crippen molar-refractivity contribution in [2.24, 2.45) is 0 Å². The minimum absolute atomic E-state index is 0.195. The van der Waals surface area contributed by atoms with Gasteiger partial charge in [-0.1, -0.05) is 17.7 Å². The molecule has 0 saturated carbocycles. The second-order valence-corrected chi connectivity index (χ2v) is 6.85. The van der Waals surface area contributed by atoms with Gasteiger partial charge >= 0.3 is 0 Å². The first kappa shape index (κ1) is 18.0. The number of ether oxygens (including phenoxy) is 2. The topological polar surface area (TPSA) is 52.7 Å². The molecule has 2 heterocycles. The predicted octanol–water partition coefficient (Wildman–Crippen LogP) is 4.48. The average molecular weight is 408 g/mol. The van der Waals surface area contributed by atoms with Crippen molar-refractivity contribution in [2.45, 2.75) is 13.2 Å². The number of benzene rings is 2. The van der Waals surface area contributed by atoms with E-state index in [0.717, 1.165) is 5.56 Å². The highest BCUT2D eigenvalue weighted by atomic mass is 35.5. The molecule has 27 heavy (non-hydrogen) atoms. The molecule has 0 amide bonds. The normalized spacial score (nSPS) is 12.7. The summed E-state index contributed by atoms with van der Waals surface area (Å²) in [5.41, 5.74) is 1.15. The summed E-state index contributed by atoms with van der Waals surface area (Å²) in [7, 11) is 1.82. The monoisotopic (exact) mass is 407 g/mol. The first-order chi connectivity index (χ1) is 13.0. The van der Waals surface area contributed by atoms with Crippen LogP contribution in [-0.2, 0) is 13.2 Å². The summed E-state index contributed by atoms with van der Waals surface area (Å²) >= 11 is 11.3. The molecular formula is C18H15ClFN3O3S. The summed E-state index contributed by atoms with van der Waals surface area (Å²) in [6, 6.07) is 10.0. The first-order valence-electron chi connectivity index (χ1n) is 8.10. The molecule has 0 unspecified atom stereocenters. The zero-order chi connectivity index (χ0) is 19.0. The molecule has 0 spiro atoms. The van der Waals surface area contributed by atoms with E-state index < -0.39 is 0 Å². The molecular weight excluding hydrogens is 393 g/mol. The lowest BCUT2D eigenvalue weighted by atomic mass is 10.2. The van der Waals surface area contributed by atoms with Crippen molar-refractivity contribution >= 4 is 23.8 Å². The van der Waals surface area contributed by atoms with E-state index in [9.17, 15) is 4.39 Å². The van der Waals surface area contributed by atoms with Crippen molar-refractivity contribution in [3.05, 3.63) is 57.6 Å². The van der Waals surface area contributed by atoms with Crippen LogP contribution in [0, 0.1) is 10.7 Å². The van der Waals surface area contributed by atoms with Crippen LogP contribution in [0.4, 0.5) is 4.39 Å². The summed E-state index contributed by atoms with van der Waals surface area (Å²) in [5.74, 6) is 1.34. The molecule has 2 aromatic carbocycles. The number of hydrogen-bond acceptors (Lipinski definition) is 6. The van der Waals surface area contributed by atoms with Gasteiger partial charge in [-0.05, 0) is 49.6 Å². The van der Waals surface area contributed by atoms with E-state index in [2.05, 4.69) is 5.10 Å². The number of aromatic nitrogens is 2. The summed E-state index contributed by atoms with van der Waals surface area (Å²) in [6.45, 7) is 0.817. The number of nitrogens with zero attached hydrogens (tertiary/aromatic N) is 3. The molecule has 0 fully saturated rings. The Labute approximate surface area is 164 Å². The molecule has 3 aromatic rings. The zero-order valence-electron chi connectivity index (χ0n) is 14.3. The van der Waals surface area contributed by atoms with Gasteiger partial charge in [0.05, 0.1) is 6.67 Å². The Balaban J connectivity index is 1.53. The van der Waals surface area contributed by atoms with Gasteiger partial charge in [-0.15, -0.1) is 5.10 Å². The van der Waals surface area contributed by atoms with E-state index in [1.807, 2.05) is 18.0 Å². The SMILES string of the molecule is CN(Cc1c(F)cccc1Cl)Cn1nc(-c2ccc3c(c2)OCO3)oc1=S. The van der Waals surface area contributed by atoms with Crippen LogP contribution in [0.3, 0.4) is 0 Å². The molecule has 1 aliphatic heterocycles. The highest BCUT2D eigenvalue weighted by Gasteiger charge is 2.17. The molecule has 140 valence electrons. The van der Waals surface area contributed by atoms with E-state index in [-0.39, 0.29) is 17.4 Å². The van der Waals surface area contributed by atoms with Gasteiger partial charge in [0.2, 0.25) is 12.7 Å². The van der Waals surface area contributed by atoms with Gasteiger partial charge in [0.25, 0.3) is 4.84 Å². The molecule has 1 aliphatic rings. The smallest absolute Gasteiger partial charge is 0.288 e. The van der Waals surface area contributed by atoms with Crippen LogP contribution in [0.15, 0.2) is 40.8 Å². The quantitative estimate of drug-likeness (QED) is 0.581. The van der Waals surface area contributed by atoms with E-state index in [4.69, 9.17) is 37.7 Å². The van der Waals surface area contributed by atoms with Crippen LogP contribution in [0.25, 0.3) is 11.5 Å². The molecule has 0 radical (unpaired) electrons. The summed E-state index contributed by atoms with van der Waals surface area (Å²) in [4.78, 5) is 2.06. The second kappa shape index (κ2) is 7.30. The van der Waals surface area contributed by atoms with Gasteiger partial charge in [-0.25, -0.2) is 9.07 Å². The Morgan fingerprint density at radius 2 is 2.07 bits per heavy atom. The Morgan fingerprint density at radius 3 is 2.89 bits per heavy atom. The van der Waals surface area contributed by atoms with Crippen molar-refractivity contribution in [3.63, 3.8) is 0 Å². The maximum absolute atomic E-state index is 14.0. The molecule has 0 atom stereocenters. The Hall–Kier alpha value is -2.42. The fourth-order valence-electron chi connectivity index (χ4n) is 2.77. The third-order valence-corrected chi connectivity index (χ3v) is 4.74. The van der Waals surface area contributed by atoms with Crippen LogP contribution in [0.2, 0.25) is 5.02 Å². The van der Waals surface area contributed by atoms with E-state index in [1.54, 1.807) is 24.3 Å². The standard InChI is InChI=1S/C18H15ClFN3O3S/c1-22(8-12-13(19)3-2-4-14(12)20)9-23-18(27)26-17(21-23)11-5-6-15-16(7-11)25-10-24-15/h2-7H,8-10H2,1H3. The molecule has 9 heteroatoms. The summed E-state index contributed by atoms with van der Waals surface area (Å²) in [5, 5.41) is 4.79. The van der Waals surface area contributed by atoms with Gasteiger partial charge in [0, 0.05) is 22.7 Å². The van der Waals surface area contributed by atoms with Crippen LogP contribution in [0.1, 0.15) is 5.56 Å². The molecule has 4 rings (SSSR count). The lowest BCUT2D eigenvalue weighted by Crippen LogP contribution is -2.23. The fraction of sp³-hybridized carbons (Fsp3) is 0.222. The lowest BCUT2D eigenvalue weighted by molar-refractivity contribution is 0.174. The second-order valence-electron chi connectivity index (χ2n) is 6.10. The maximum atomic E-state index is 14.0. The minimum Gasteiger partial charge on any atom is -0.454 e. The highest BCUT2D eigenvalue weighted by Crippen LogP contribution is 2.35. The van der Waals surface area contributed by atoms with E-state index in [1.165, 1.54) is 10.7 Å². The Bertz CT molecular complexity index is 1030. The maximum Gasteiger partial charge on any atom is 0.288 e. The molecule has 1 aromatic heterocycles. The van der Waals surface area contributed by atoms with Gasteiger partial charge in [-0.3, -0.25) is 4.90 Å². The lowest BCUT2D eigenvalue weighted by Gasteiger charge is -2.17. The number of rotatable bonds is 5. The van der Waals surface area contributed by atoms with Gasteiger partial charge in [0.15, 0.2) is 11.5 Å². The van der Waals surface area contributed by atoms with Gasteiger partial charge in [-0.2, -0.15) is 0 Å². The van der Waals surface area contributed by atoms with Crippen LogP contribution in [0.5, 0.6) is 11.5 Å². The van der Waals surface area contributed by atoms with Crippen molar-refractivity contribution in [2.75, 3.05) is 13.8 Å². The van der Waals surface area contributed by atoms with Crippen LogP contribution in [-0.4, -0.2) is 28.5 Å². The molecule has 0 N–H and O–H groups in total.